The third kappa shape index (κ3) is 28.9. The van der Waals surface area contributed by atoms with E-state index in [4.69, 9.17) is 20.2 Å². The number of aromatic hydroxyl groups is 2. The number of hydrogen-bond donors (Lipinski definition) is 4. The van der Waals surface area contributed by atoms with Crippen LogP contribution in [0.4, 0.5) is 0 Å². The Kier molecular flexibility index (Phi) is 44.8. The maximum Gasteiger partial charge on any atom is 0.314 e. The molecule has 2 unspecified atom stereocenters. The van der Waals surface area contributed by atoms with Gasteiger partial charge >= 0.3 is 11.9 Å². The maximum atomic E-state index is 11.8. The predicted octanol–water partition coefficient (Wildman–Crippen LogP) is 18.5. The molecule has 0 amide bonds. The van der Waals surface area contributed by atoms with Gasteiger partial charge in [0.05, 0.1) is 64.4 Å². The first-order valence-electron chi connectivity index (χ1n) is 31.7. The summed E-state index contributed by atoms with van der Waals surface area (Å²) in [5.41, 5.74) is 6.34. The summed E-state index contributed by atoms with van der Waals surface area (Å²) in [7, 11) is 0. The van der Waals surface area contributed by atoms with Crippen molar-refractivity contribution in [2.24, 2.45) is 9.98 Å². The van der Waals surface area contributed by atoms with E-state index >= 15 is 0 Å². The number of aryl methyl sites for hydroxylation is 2. The molecule has 2 atom stereocenters. The number of rotatable bonds is 40. The Morgan fingerprint density at radius 2 is 0.753 bits per heavy atom. The number of carboxylic acids is 2. The molecule has 3 rings (SSSR count). The standard InChI is InChI=1S/C64H112N4O2.C3H4O4.CH4.2CH3.Cr/c1-13-21-35-63(11,36-22-14-2)57-47-53(9)61(69)55(49-57)51-65-59-33-29-30-34-60(59)66-52-56-50-58(48-54(10)62(56)70)64(12,37-31-45-67(39-23-15-3,40-24-16-4)41-25-17-5)38-32-46-68(42-26-18-6,43-27-19-7)44-28-20-8;4-2(5)1-3(6)7;;;;/h47-52,59-60H,13-46H2,1-12H3;1H2,(H,4,5)(H,6,7);1H4;2*1H3;/q;;;2*-1;/p+2. The topological polar surface area (TPSA) is 140 Å². The van der Waals surface area contributed by atoms with Gasteiger partial charge < -0.3 is 44.2 Å². The number of hydrogen-bond acceptors (Lipinski definition) is 6. The Morgan fingerprint density at radius 3 is 1.00 bits per heavy atom. The number of phenols is 2. The first-order chi connectivity index (χ1) is 36.8. The van der Waals surface area contributed by atoms with Crippen LogP contribution in [0.5, 0.6) is 11.5 Å². The molecule has 0 saturated heterocycles. The molecule has 1 saturated carbocycles. The van der Waals surface area contributed by atoms with Crippen molar-refractivity contribution < 1.29 is 56.3 Å². The molecule has 81 heavy (non-hydrogen) atoms. The van der Waals surface area contributed by atoms with E-state index in [9.17, 15) is 19.8 Å². The molecule has 1 aliphatic carbocycles. The zero-order valence-corrected chi connectivity index (χ0v) is 55.4. The predicted molar refractivity (Wildman–Crippen MR) is 347 cm³/mol. The van der Waals surface area contributed by atoms with Crippen molar-refractivity contribution in [3.8, 4) is 11.5 Å². The summed E-state index contributed by atoms with van der Waals surface area (Å²) in [6.07, 6.45) is 34.8. The van der Waals surface area contributed by atoms with Gasteiger partial charge in [-0.2, -0.15) is 0 Å². The number of carboxylic acid groups (broad SMARTS) is 2. The van der Waals surface area contributed by atoms with Crippen molar-refractivity contribution in [1.29, 1.82) is 0 Å². The third-order valence-corrected chi connectivity index (χ3v) is 17.7. The molecule has 2 aromatic carbocycles. The number of aliphatic carboxylic acids is 2. The first-order valence-corrected chi connectivity index (χ1v) is 31.7. The van der Waals surface area contributed by atoms with E-state index in [-0.39, 0.29) is 62.6 Å². The van der Waals surface area contributed by atoms with Crippen LogP contribution in [0.25, 0.3) is 0 Å². The number of unbranched alkanes of at least 4 members (excludes halogenated alkanes) is 8. The minimum Gasteiger partial charge on any atom is -0.507 e. The molecule has 470 valence electrons. The second-order valence-corrected chi connectivity index (χ2v) is 24.5. The van der Waals surface area contributed by atoms with Gasteiger partial charge in [0, 0.05) is 40.9 Å². The van der Waals surface area contributed by atoms with Crippen LogP contribution in [0.3, 0.4) is 0 Å². The van der Waals surface area contributed by atoms with Gasteiger partial charge in [0.2, 0.25) is 0 Å². The molecule has 0 bridgehead atoms. The van der Waals surface area contributed by atoms with E-state index in [0.29, 0.717) is 11.5 Å². The van der Waals surface area contributed by atoms with Gasteiger partial charge in [-0.1, -0.05) is 166 Å². The van der Waals surface area contributed by atoms with Crippen LogP contribution in [-0.4, -0.2) is 118 Å². The monoisotopic (exact) mass is 1170 g/mol. The Hall–Kier alpha value is -3.23. The Bertz CT molecular complexity index is 1940. The van der Waals surface area contributed by atoms with Crippen LogP contribution in [0.15, 0.2) is 34.3 Å². The molecule has 1 aliphatic rings. The fraction of sp³-hybridized carbons (Fsp3) is 0.743. The van der Waals surface area contributed by atoms with Crippen molar-refractivity contribution in [3.63, 3.8) is 0 Å². The molecule has 0 aromatic heterocycles. The SMILES string of the molecule is C.CCCCC(C)(CCCC)c1cc(C)c(O)c(C=NC2CCCCC2N=Cc2cc(C(C)(CCC[N+](CCCC)(CCCC)CCCC)CCC[N+](CCCC)(CCCC)CCCC)cc(C)c2O)c1.O=C(O)CC(=O)O.[CH3-].[CH3-].[Cr]. The summed E-state index contributed by atoms with van der Waals surface area (Å²) in [4.78, 5) is 29.4. The number of quaternary nitrogens is 2. The summed E-state index contributed by atoms with van der Waals surface area (Å²) < 4.78 is 2.58. The number of phenolic OH excluding ortho intramolecular Hbond substituents is 2. The molecule has 0 aliphatic heterocycles. The van der Waals surface area contributed by atoms with Crippen LogP contribution in [0, 0.1) is 28.7 Å². The van der Waals surface area contributed by atoms with Crippen LogP contribution in [-0.2, 0) is 37.8 Å². The molecule has 10 nitrogen and oxygen atoms in total. The zero-order valence-electron chi connectivity index (χ0n) is 54.2. The maximum absolute atomic E-state index is 11.8. The minimum absolute atomic E-state index is 0. The average molecular weight is 1170 g/mol. The molecule has 2 aromatic rings. The number of benzene rings is 2. The molecular formula is C70H128CrN4O6. The summed E-state index contributed by atoms with van der Waals surface area (Å²) in [5, 5.41) is 38.6. The molecule has 1 fully saturated rings. The second-order valence-electron chi connectivity index (χ2n) is 24.5. The van der Waals surface area contributed by atoms with E-state index in [1.54, 1.807) is 0 Å². The third-order valence-electron chi connectivity index (χ3n) is 17.7. The van der Waals surface area contributed by atoms with Crippen molar-refractivity contribution in [1.82, 2.24) is 0 Å². The van der Waals surface area contributed by atoms with E-state index in [1.807, 2.05) is 19.4 Å². The molecule has 0 heterocycles. The fourth-order valence-corrected chi connectivity index (χ4v) is 12.3. The largest absolute Gasteiger partial charge is 0.507 e. The van der Waals surface area contributed by atoms with Gasteiger partial charge in [0.25, 0.3) is 0 Å². The van der Waals surface area contributed by atoms with E-state index in [0.717, 1.165) is 60.8 Å². The van der Waals surface area contributed by atoms with Crippen molar-refractivity contribution in [2.45, 2.75) is 287 Å². The number of nitrogens with zero attached hydrogens (tertiary/aromatic N) is 4. The molecule has 11 heteroatoms. The van der Waals surface area contributed by atoms with Gasteiger partial charge in [0.15, 0.2) is 0 Å². The van der Waals surface area contributed by atoms with Crippen molar-refractivity contribution in [2.75, 3.05) is 52.4 Å². The van der Waals surface area contributed by atoms with Crippen molar-refractivity contribution in [3.05, 3.63) is 72.5 Å². The summed E-state index contributed by atoms with van der Waals surface area (Å²) in [6, 6.07) is 9.18. The van der Waals surface area contributed by atoms with Crippen LogP contribution < -0.4 is 0 Å². The van der Waals surface area contributed by atoms with Gasteiger partial charge in [-0.25, -0.2) is 0 Å². The van der Waals surface area contributed by atoms with E-state index < -0.39 is 18.4 Å². The van der Waals surface area contributed by atoms with Gasteiger partial charge in [-0.05, 0) is 149 Å². The number of carbonyl (C=O) groups is 2. The summed E-state index contributed by atoms with van der Waals surface area (Å²) >= 11 is 0. The van der Waals surface area contributed by atoms with Gasteiger partial charge in [0.1, 0.15) is 17.9 Å². The van der Waals surface area contributed by atoms with Crippen molar-refractivity contribution >= 4 is 24.4 Å². The average Bonchev–Trinajstić information content (AvgIpc) is 3.40. The first kappa shape index (κ1) is 82.0. The quantitative estimate of drug-likeness (QED) is 0.0227. The van der Waals surface area contributed by atoms with Gasteiger partial charge in [-0.3, -0.25) is 19.6 Å². The normalized spacial score (nSPS) is 14.8. The van der Waals surface area contributed by atoms with Crippen LogP contribution >= 0.6 is 0 Å². The fourth-order valence-electron chi connectivity index (χ4n) is 12.3. The summed E-state index contributed by atoms with van der Waals surface area (Å²) in [6.45, 7) is 38.3. The molecule has 4 N–H and O–H groups in total. The molecular weight excluding hydrogens is 1040 g/mol. The minimum atomic E-state index is -1.31. The van der Waals surface area contributed by atoms with E-state index in [1.165, 1.54) is 201 Å². The Labute approximate surface area is 511 Å². The Balaban J connectivity index is -0.00000517. The zero-order chi connectivity index (χ0) is 57.3. The smallest absolute Gasteiger partial charge is 0.314 e. The van der Waals surface area contributed by atoms with Crippen LogP contribution in [0.2, 0.25) is 0 Å². The number of aliphatic imine (C=N–C) groups is 2. The van der Waals surface area contributed by atoms with E-state index in [2.05, 4.69) is 100 Å². The van der Waals surface area contributed by atoms with Gasteiger partial charge in [-0.15, -0.1) is 0 Å². The van der Waals surface area contributed by atoms with Crippen LogP contribution in [0.1, 0.15) is 283 Å². The molecule has 0 radical (unpaired) electrons. The second kappa shape index (κ2) is 44.3. The Morgan fingerprint density at radius 1 is 0.494 bits per heavy atom. The molecule has 0 spiro atoms. The summed E-state index contributed by atoms with van der Waals surface area (Å²) in [5.74, 6) is -1.92.